The number of fused-ring (bicyclic) bond motifs is 1. The number of aliphatic hydroxyl groups is 1. The summed E-state index contributed by atoms with van der Waals surface area (Å²) in [6, 6.07) is 5.89. The van der Waals surface area contributed by atoms with E-state index >= 15 is 0 Å². The maximum absolute atomic E-state index is 12.2. The summed E-state index contributed by atoms with van der Waals surface area (Å²) >= 11 is 3.47. The standard InChI is InChI=1S/C16H21BrN2O2/c1-10-2-4-14(13(17)6-10)18-16(21)9-19-7-11-3-5-15(20)12(11)8-19/h2,4,6,11-12,15,20H,3,5,7-9H2,1H3,(H,18,21). The summed E-state index contributed by atoms with van der Waals surface area (Å²) in [5.74, 6) is 0.942. The van der Waals surface area contributed by atoms with Crippen molar-refractivity contribution in [3.8, 4) is 0 Å². The predicted molar refractivity (Wildman–Crippen MR) is 86.2 cm³/mol. The molecule has 1 heterocycles. The van der Waals surface area contributed by atoms with Crippen LogP contribution in [0.25, 0.3) is 0 Å². The SMILES string of the molecule is Cc1ccc(NC(=O)CN2CC3CCC(O)C3C2)c(Br)c1. The van der Waals surface area contributed by atoms with Crippen LogP contribution in [0.1, 0.15) is 18.4 Å². The van der Waals surface area contributed by atoms with Gasteiger partial charge in [0.25, 0.3) is 0 Å². The molecule has 4 nitrogen and oxygen atoms in total. The van der Waals surface area contributed by atoms with Gasteiger partial charge in [-0.3, -0.25) is 9.69 Å². The Hall–Kier alpha value is -0.910. The van der Waals surface area contributed by atoms with Crippen LogP contribution in [-0.4, -0.2) is 41.7 Å². The second-order valence-electron chi connectivity index (χ2n) is 6.29. The molecule has 0 spiro atoms. The van der Waals surface area contributed by atoms with Crippen molar-refractivity contribution in [2.75, 3.05) is 25.0 Å². The highest BCUT2D eigenvalue weighted by atomic mass is 79.9. The fraction of sp³-hybridized carbons (Fsp3) is 0.562. The number of nitrogens with one attached hydrogen (secondary N) is 1. The highest BCUT2D eigenvalue weighted by Crippen LogP contribution is 2.37. The van der Waals surface area contributed by atoms with E-state index < -0.39 is 0 Å². The summed E-state index contributed by atoms with van der Waals surface area (Å²) in [6.07, 6.45) is 1.84. The molecule has 2 fully saturated rings. The Labute approximate surface area is 133 Å². The Balaban J connectivity index is 1.55. The molecule has 0 radical (unpaired) electrons. The van der Waals surface area contributed by atoms with E-state index in [4.69, 9.17) is 0 Å². The monoisotopic (exact) mass is 352 g/mol. The average Bonchev–Trinajstić information content (AvgIpc) is 2.95. The molecule has 3 rings (SSSR count). The molecule has 114 valence electrons. The van der Waals surface area contributed by atoms with E-state index in [9.17, 15) is 9.90 Å². The fourth-order valence-corrected chi connectivity index (χ4v) is 4.16. The molecule has 21 heavy (non-hydrogen) atoms. The molecule has 2 aliphatic rings. The van der Waals surface area contributed by atoms with Gasteiger partial charge in [0.1, 0.15) is 0 Å². The van der Waals surface area contributed by atoms with E-state index in [0.717, 1.165) is 41.7 Å². The molecule has 1 aliphatic heterocycles. The normalized spacial score (nSPS) is 28.6. The molecule has 0 aromatic heterocycles. The zero-order chi connectivity index (χ0) is 15.0. The molecule has 1 saturated carbocycles. The third kappa shape index (κ3) is 3.30. The van der Waals surface area contributed by atoms with Gasteiger partial charge in [0.15, 0.2) is 0 Å². The molecule has 2 N–H and O–H groups in total. The minimum Gasteiger partial charge on any atom is -0.393 e. The quantitative estimate of drug-likeness (QED) is 0.878. The Bertz CT molecular complexity index is 549. The van der Waals surface area contributed by atoms with Crippen molar-refractivity contribution in [3.63, 3.8) is 0 Å². The van der Waals surface area contributed by atoms with Crippen molar-refractivity contribution >= 4 is 27.5 Å². The number of benzene rings is 1. The van der Waals surface area contributed by atoms with Gasteiger partial charge in [-0.2, -0.15) is 0 Å². The van der Waals surface area contributed by atoms with Crippen molar-refractivity contribution in [1.82, 2.24) is 4.90 Å². The number of likely N-dealkylation sites (tertiary alicyclic amines) is 1. The van der Waals surface area contributed by atoms with E-state index in [1.54, 1.807) is 0 Å². The number of halogens is 1. The number of rotatable bonds is 3. The third-order valence-electron chi connectivity index (χ3n) is 4.66. The van der Waals surface area contributed by atoms with Crippen LogP contribution in [0, 0.1) is 18.8 Å². The minimum absolute atomic E-state index is 0.00835. The molecule has 3 unspecified atom stereocenters. The van der Waals surface area contributed by atoms with Gasteiger partial charge in [0, 0.05) is 23.5 Å². The number of aryl methyl sites for hydroxylation is 1. The first-order valence-electron chi connectivity index (χ1n) is 7.49. The fourth-order valence-electron chi connectivity index (χ4n) is 3.57. The van der Waals surface area contributed by atoms with Gasteiger partial charge >= 0.3 is 0 Å². The number of nitrogens with zero attached hydrogens (tertiary/aromatic N) is 1. The van der Waals surface area contributed by atoms with Crippen molar-refractivity contribution in [1.29, 1.82) is 0 Å². The largest absolute Gasteiger partial charge is 0.393 e. The highest BCUT2D eigenvalue weighted by molar-refractivity contribution is 9.10. The first-order chi connectivity index (χ1) is 10.0. The molecule has 5 heteroatoms. The summed E-state index contributed by atoms with van der Waals surface area (Å²) in [5.41, 5.74) is 1.96. The second kappa shape index (κ2) is 6.07. The number of aliphatic hydroxyl groups excluding tert-OH is 1. The topological polar surface area (TPSA) is 52.6 Å². The molecule has 1 aromatic carbocycles. The molecule has 0 bridgehead atoms. The number of anilines is 1. The summed E-state index contributed by atoms with van der Waals surface area (Å²) in [5, 5.41) is 12.9. The first-order valence-corrected chi connectivity index (χ1v) is 8.28. The van der Waals surface area contributed by atoms with Gasteiger partial charge in [0.05, 0.1) is 18.3 Å². The minimum atomic E-state index is -0.172. The van der Waals surface area contributed by atoms with Crippen LogP contribution < -0.4 is 5.32 Å². The van der Waals surface area contributed by atoms with Crippen LogP contribution >= 0.6 is 15.9 Å². The van der Waals surface area contributed by atoms with Crippen LogP contribution in [0.3, 0.4) is 0 Å². The summed E-state index contributed by atoms with van der Waals surface area (Å²) in [6.45, 7) is 4.20. The molecule has 3 atom stereocenters. The van der Waals surface area contributed by atoms with Gasteiger partial charge < -0.3 is 10.4 Å². The molecule has 1 amide bonds. The van der Waals surface area contributed by atoms with Crippen molar-refractivity contribution in [2.24, 2.45) is 11.8 Å². The molecule has 1 aromatic rings. The van der Waals surface area contributed by atoms with Gasteiger partial charge in [-0.05, 0) is 59.3 Å². The van der Waals surface area contributed by atoms with Gasteiger partial charge in [-0.1, -0.05) is 6.07 Å². The Morgan fingerprint density at radius 3 is 2.95 bits per heavy atom. The zero-order valence-electron chi connectivity index (χ0n) is 12.2. The summed E-state index contributed by atoms with van der Waals surface area (Å²) < 4.78 is 0.907. The number of hydrogen-bond acceptors (Lipinski definition) is 3. The maximum Gasteiger partial charge on any atom is 0.238 e. The molecular weight excluding hydrogens is 332 g/mol. The van der Waals surface area contributed by atoms with Crippen LogP contribution in [-0.2, 0) is 4.79 Å². The van der Waals surface area contributed by atoms with E-state index in [2.05, 4.69) is 26.1 Å². The lowest BCUT2D eigenvalue weighted by molar-refractivity contribution is -0.117. The smallest absolute Gasteiger partial charge is 0.238 e. The predicted octanol–water partition coefficient (Wildman–Crippen LogP) is 2.40. The molecule has 1 saturated heterocycles. The average molecular weight is 353 g/mol. The second-order valence-corrected chi connectivity index (χ2v) is 7.15. The van der Waals surface area contributed by atoms with Crippen LogP contribution in [0.5, 0.6) is 0 Å². The lowest BCUT2D eigenvalue weighted by Gasteiger charge is -2.17. The van der Waals surface area contributed by atoms with Crippen molar-refractivity contribution in [2.45, 2.75) is 25.9 Å². The maximum atomic E-state index is 12.2. The van der Waals surface area contributed by atoms with Crippen molar-refractivity contribution < 1.29 is 9.90 Å². The number of amides is 1. The number of carbonyl (C=O) groups excluding carboxylic acids is 1. The molecular formula is C16H21BrN2O2. The lowest BCUT2D eigenvalue weighted by Crippen LogP contribution is -2.33. The van der Waals surface area contributed by atoms with E-state index in [-0.39, 0.29) is 12.0 Å². The first kappa shape index (κ1) is 15.0. The van der Waals surface area contributed by atoms with E-state index in [1.807, 2.05) is 25.1 Å². The summed E-state index contributed by atoms with van der Waals surface area (Å²) in [7, 11) is 0. The van der Waals surface area contributed by atoms with Crippen LogP contribution in [0.15, 0.2) is 22.7 Å². The lowest BCUT2D eigenvalue weighted by atomic mass is 10.00. The van der Waals surface area contributed by atoms with E-state index in [1.165, 1.54) is 0 Å². The van der Waals surface area contributed by atoms with Crippen LogP contribution in [0.4, 0.5) is 5.69 Å². The van der Waals surface area contributed by atoms with Gasteiger partial charge in [0.2, 0.25) is 5.91 Å². The van der Waals surface area contributed by atoms with Gasteiger partial charge in [-0.25, -0.2) is 0 Å². The van der Waals surface area contributed by atoms with Gasteiger partial charge in [-0.15, -0.1) is 0 Å². The molecule has 1 aliphatic carbocycles. The number of carbonyl (C=O) groups is 1. The Morgan fingerprint density at radius 1 is 1.43 bits per heavy atom. The van der Waals surface area contributed by atoms with Crippen LogP contribution in [0.2, 0.25) is 0 Å². The number of hydrogen-bond donors (Lipinski definition) is 2. The van der Waals surface area contributed by atoms with E-state index in [0.29, 0.717) is 18.4 Å². The third-order valence-corrected chi connectivity index (χ3v) is 5.32. The van der Waals surface area contributed by atoms with Crippen molar-refractivity contribution in [3.05, 3.63) is 28.2 Å². The Morgan fingerprint density at radius 2 is 2.24 bits per heavy atom. The zero-order valence-corrected chi connectivity index (χ0v) is 13.8. The summed E-state index contributed by atoms with van der Waals surface area (Å²) in [4.78, 5) is 14.3. The Kier molecular flexibility index (Phi) is 4.33. The highest BCUT2D eigenvalue weighted by Gasteiger charge is 2.41.